The van der Waals surface area contributed by atoms with E-state index in [9.17, 15) is 9.18 Å². The van der Waals surface area contributed by atoms with Gasteiger partial charge in [0, 0.05) is 17.5 Å². The van der Waals surface area contributed by atoms with E-state index in [1.807, 2.05) is 4.68 Å². The first-order chi connectivity index (χ1) is 11.7. The van der Waals surface area contributed by atoms with E-state index in [1.54, 1.807) is 23.9 Å². The smallest absolute Gasteiger partial charge is 0.230 e. The SMILES string of the molecule is O=C(CSCc1nn(-c2ccc(F)cc2)c2c1CCC2)NC1CC1. The highest BCUT2D eigenvalue weighted by Gasteiger charge is 2.24. The number of aromatic nitrogens is 2. The Morgan fingerprint density at radius 2 is 2.08 bits per heavy atom. The Kier molecular flexibility index (Phi) is 4.31. The van der Waals surface area contributed by atoms with Crippen LogP contribution in [0.4, 0.5) is 4.39 Å². The number of amides is 1. The molecule has 6 heteroatoms. The zero-order valence-corrected chi connectivity index (χ0v) is 14.2. The van der Waals surface area contributed by atoms with Gasteiger partial charge in [-0.05, 0) is 61.9 Å². The van der Waals surface area contributed by atoms with Gasteiger partial charge >= 0.3 is 0 Å². The summed E-state index contributed by atoms with van der Waals surface area (Å²) in [6.45, 7) is 0. The fraction of sp³-hybridized carbons (Fsp3) is 0.444. The lowest BCUT2D eigenvalue weighted by Gasteiger charge is -2.05. The fourth-order valence-corrected chi connectivity index (χ4v) is 3.96. The molecule has 4 rings (SSSR count). The van der Waals surface area contributed by atoms with Crippen LogP contribution in [0, 0.1) is 5.82 Å². The molecule has 1 amide bonds. The van der Waals surface area contributed by atoms with E-state index in [4.69, 9.17) is 5.10 Å². The molecule has 0 atom stereocenters. The van der Waals surface area contributed by atoms with Crippen LogP contribution in [0.5, 0.6) is 0 Å². The van der Waals surface area contributed by atoms with Gasteiger partial charge in [0.05, 0.1) is 17.1 Å². The second-order valence-electron chi connectivity index (χ2n) is 6.45. The summed E-state index contributed by atoms with van der Waals surface area (Å²) < 4.78 is 15.1. The highest BCUT2D eigenvalue weighted by molar-refractivity contribution is 7.99. The first kappa shape index (κ1) is 15.7. The van der Waals surface area contributed by atoms with E-state index in [2.05, 4.69) is 5.32 Å². The van der Waals surface area contributed by atoms with Gasteiger partial charge in [-0.1, -0.05) is 0 Å². The maximum absolute atomic E-state index is 13.1. The van der Waals surface area contributed by atoms with Gasteiger partial charge in [-0.15, -0.1) is 11.8 Å². The second kappa shape index (κ2) is 6.59. The van der Waals surface area contributed by atoms with Gasteiger partial charge in [0.1, 0.15) is 5.82 Å². The van der Waals surface area contributed by atoms with Crippen LogP contribution < -0.4 is 5.32 Å². The maximum Gasteiger partial charge on any atom is 0.230 e. The Hall–Kier alpha value is -1.82. The number of nitrogens with zero attached hydrogens (tertiary/aromatic N) is 2. The van der Waals surface area contributed by atoms with E-state index in [1.165, 1.54) is 23.4 Å². The van der Waals surface area contributed by atoms with Gasteiger partial charge in [-0.3, -0.25) is 4.79 Å². The summed E-state index contributed by atoms with van der Waals surface area (Å²) >= 11 is 1.61. The molecular formula is C18H20FN3OS. The minimum absolute atomic E-state index is 0.122. The van der Waals surface area contributed by atoms with Crippen LogP contribution in [-0.2, 0) is 23.4 Å². The van der Waals surface area contributed by atoms with Crippen molar-refractivity contribution in [2.45, 2.75) is 43.9 Å². The molecule has 0 unspecified atom stereocenters. The highest BCUT2D eigenvalue weighted by Crippen LogP contribution is 2.30. The molecule has 2 aliphatic carbocycles. The Labute approximate surface area is 144 Å². The molecule has 1 aromatic carbocycles. The Morgan fingerprint density at radius 3 is 2.83 bits per heavy atom. The van der Waals surface area contributed by atoms with E-state index < -0.39 is 0 Å². The molecule has 1 N–H and O–H groups in total. The molecule has 4 nitrogen and oxygen atoms in total. The van der Waals surface area contributed by atoms with Crippen LogP contribution in [0.15, 0.2) is 24.3 Å². The monoisotopic (exact) mass is 345 g/mol. The summed E-state index contributed by atoms with van der Waals surface area (Å²) in [6, 6.07) is 6.88. The average molecular weight is 345 g/mol. The number of nitrogens with one attached hydrogen (secondary N) is 1. The van der Waals surface area contributed by atoms with Gasteiger partial charge in [0.15, 0.2) is 0 Å². The summed E-state index contributed by atoms with van der Waals surface area (Å²) in [5.74, 6) is 1.11. The molecule has 0 bridgehead atoms. The lowest BCUT2D eigenvalue weighted by molar-refractivity contribution is -0.118. The van der Waals surface area contributed by atoms with Crippen molar-refractivity contribution in [3.8, 4) is 5.69 Å². The van der Waals surface area contributed by atoms with Gasteiger partial charge in [-0.2, -0.15) is 5.10 Å². The molecule has 0 spiro atoms. The van der Waals surface area contributed by atoms with Gasteiger partial charge in [0.25, 0.3) is 0 Å². The summed E-state index contributed by atoms with van der Waals surface area (Å²) in [4.78, 5) is 11.8. The van der Waals surface area contributed by atoms with E-state index in [0.717, 1.165) is 49.2 Å². The van der Waals surface area contributed by atoms with Crippen molar-refractivity contribution >= 4 is 17.7 Å². The minimum Gasteiger partial charge on any atom is -0.353 e. The standard InChI is InChI=1S/C18H20FN3OS/c19-12-4-8-14(9-5-12)22-17-3-1-2-15(17)16(21-22)10-24-11-18(23)20-13-6-7-13/h4-5,8-9,13H,1-3,6-7,10-11H2,(H,20,23). The molecule has 2 aliphatic rings. The first-order valence-corrected chi connectivity index (χ1v) is 9.59. The molecule has 1 fully saturated rings. The quantitative estimate of drug-likeness (QED) is 0.875. The molecule has 0 aliphatic heterocycles. The van der Waals surface area contributed by atoms with Crippen molar-refractivity contribution in [3.63, 3.8) is 0 Å². The molecule has 0 saturated heterocycles. The molecule has 126 valence electrons. The molecule has 1 saturated carbocycles. The normalized spacial score (nSPS) is 16.2. The van der Waals surface area contributed by atoms with Gasteiger partial charge < -0.3 is 5.32 Å². The molecule has 1 heterocycles. The van der Waals surface area contributed by atoms with E-state index in [-0.39, 0.29) is 11.7 Å². The summed E-state index contributed by atoms with van der Waals surface area (Å²) in [7, 11) is 0. The zero-order chi connectivity index (χ0) is 16.5. The Balaban J connectivity index is 1.46. The van der Waals surface area contributed by atoms with E-state index in [0.29, 0.717) is 11.8 Å². The minimum atomic E-state index is -0.236. The van der Waals surface area contributed by atoms with Crippen molar-refractivity contribution in [2.24, 2.45) is 0 Å². The number of fused-ring (bicyclic) bond motifs is 1. The van der Waals surface area contributed by atoms with E-state index >= 15 is 0 Å². The Bertz CT molecular complexity index is 752. The molecule has 1 aromatic heterocycles. The van der Waals surface area contributed by atoms with Crippen LogP contribution in [0.3, 0.4) is 0 Å². The average Bonchev–Trinajstić information content (AvgIpc) is 3.12. The molecular weight excluding hydrogens is 325 g/mol. The lowest BCUT2D eigenvalue weighted by Crippen LogP contribution is -2.27. The van der Waals surface area contributed by atoms with Crippen molar-refractivity contribution < 1.29 is 9.18 Å². The highest BCUT2D eigenvalue weighted by atomic mass is 32.2. The van der Waals surface area contributed by atoms with Gasteiger partial charge in [-0.25, -0.2) is 9.07 Å². The topological polar surface area (TPSA) is 46.9 Å². The van der Waals surface area contributed by atoms with Crippen LogP contribution in [0.2, 0.25) is 0 Å². The summed E-state index contributed by atoms with van der Waals surface area (Å²) in [5.41, 5.74) is 4.52. The predicted octanol–water partition coefficient (Wildman–Crippen LogP) is 3.01. The number of carbonyl (C=O) groups is 1. The van der Waals surface area contributed by atoms with Gasteiger partial charge in [0.2, 0.25) is 5.91 Å². The third kappa shape index (κ3) is 3.34. The predicted molar refractivity (Wildman–Crippen MR) is 92.9 cm³/mol. The number of thioether (sulfide) groups is 1. The molecule has 24 heavy (non-hydrogen) atoms. The fourth-order valence-electron chi connectivity index (χ4n) is 3.16. The first-order valence-electron chi connectivity index (χ1n) is 8.43. The lowest BCUT2D eigenvalue weighted by atomic mass is 10.2. The number of rotatable bonds is 6. The van der Waals surface area contributed by atoms with Crippen molar-refractivity contribution in [1.82, 2.24) is 15.1 Å². The zero-order valence-electron chi connectivity index (χ0n) is 13.4. The van der Waals surface area contributed by atoms with Crippen LogP contribution >= 0.6 is 11.8 Å². The van der Waals surface area contributed by atoms with Crippen LogP contribution in [-0.4, -0.2) is 27.5 Å². The number of carbonyl (C=O) groups excluding carboxylic acids is 1. The summed E-state index contributed by atoms with van der Waals surface area (Å²) in [6.07, 6.45) is 5.42. The number of hydrogen-bond acceptors (Lipinski definition) is 3. The van der Waals surface area contributed by atoms with Crippen LogP contribution in [0.1, 0.15) is 36.2 Å². The molecule has 2 aromatic rings. The van der Waals surface area contributed by atoms with Crippen molar-refractivity contribution in [2.75, 3.05) is 5.75 Å². The third-order valence-corrected chi connectivity index (χ3v) is 5.44. The Morgan fingerprint density at radius 1 is 1.29 bits per heavy atom. The number of hydrogen-bond donors (Lipinski definition) is 1. The number of benzene rings is 1. The largest absolute Gasteiger partial charge is 0.353 e. The van der Waals surface area contributed by atoms with Crippen LogP contribution in [0.25, 0.3) is 5.69 Å². The second-order valence-corrected chi connectivity index (χ2v) is 7.43. The third-order valence-electron chi connectivity index (χ3n) is 4.50. The van der Waals surface area contributed by atoms with Crippen molar-refractivity contribution in [1.29, 1.82) is 0 Å². The van der Waals surface area contributed by atoms with Crippen molar-refractivity contribution in [3.05, 3.63) is 47.0 Å². The summed E-state index contributed by atoms with van der Waals surface area (Å²) in [5, 5.41) is 7.75. The number of halogens is 1. The maximum atomic E-state index is 13.1. The molecule has 0 radical (unpaired) electrons.